The molecule has 9 heteroatoms. The third-order valence-corrected chi connectivity index (χ3v) is 2.23. The molecule has 0 saturated carbocycles. The highest BCUT2D eigenvalue weighted by Gasteiger charge is 2.17. The predicted molar refractivity (Wildman–Crippen MR) is 52.6 cm³/mol. The van der Waals surface area contributed by atoms with Crippen molar-refractivity contribution < 1.29 is 18.3 Å². The van der Waals surface area contributed by atoms with Gasteiger partial charge in [-0.25, -0.2) is 8.42 Å². The van der Waals surface area contributed by atoms with Crippen LogP contribution in [-0.4, -0.2) is 18.3 Å². The highest BCUT2D eigenvalue weighted by Crippen LogP contribution is 2.22. The third-order valence-electron chi connectivity index (χ3n) is 1.61. The molecular weight excluding hydrogens is 240 g/mol. The van der Waals surface area contributed by atoms with E-state index in [1.54, 1.807) is 0 Å². The van der Waals surface area contributed by atoms with E-state index in [2.05, 4.69) is 0 Å². The zero-order valence-corrected chi connectivity index (χ0v) is 8.55. The summed E-state index contributed by atoms with van der Waals surface area (Å²) >= 11 is 0. The lowest BCUT2D eigenvalue weighted by Crippen LogP contribution is -1.96. The molecule has 0 bridgehead atoms. The first-order chi connectivity index (χ1) is 7.40. The summed E-state index contributed by atoms with van der Waals surface area (Å²) in [6.45, 7) is 0. The minimum atomic E-state index is -2.80. The molecule has 0 unspecified atom stereocenters. The van der Waals surface area contributed by atoms with Crippen LogP contribution in [0.2, 0.25) is 0 Å². The molecule has 0 heterocycles. The average molecular weight is 245 g/mol. The van der Waals surface area contributed by atoms with E-state index in [9.17, 15) is 28.6 Å². The van der Waals surface area contributed by atoms with Gasteiger partial charge in [-0.15, -0.1) is 0 Å². The number of hydrogen-bond donors (Lipinski definition) is 1. The molecule has 1 radical (unpaired) electrons. The van der Waals surface area contributed by atoms with E-state index < -0.39 is 37.7 Å². The number of thiol groups is 1. The number of rotatable bonds is 4. The summed E-state index contributed by atoms with van der Waals surface area (Å²) in [6, 6.07) is 3.85. The first-order valence-electron chi connectivity index (χ1n) is 3.87. The second-order valence-corrected chi connectivity index (χ2v) is 3.75. The van der Waals surface area contributed by atoms with Crippen molar-refractivity contribution in [3.05, 3.63) is 44.0 Å². The van der Waals surface area contributed by atoms with Crippen LogP contribution in [0, 0.1) is 26.3 Å². The number of nitrogens with zero attached hydrogens (tertiary/aromatic N) is 2. The molecule has 8 nitrogen and oxygen atoms in total. The molecule has 1 rings (SSSR count). The number of hydrogen-bond acceptors (Lipinski definition) is 6. The molecule has 0 aliphatic rings. The Balaban J connectivity index is 3.28. The van der Waals surface area contributed by atoms with Crippen LogP contribution >= 0.6 is 0 Å². The van der Waals surface area contributed by atoms with Gasteiger partial charge in [0.25, 0.3) is 11.4 Å². The molecule has 0 aliphatic heterocycles. The van der Waals surface area contributed by atoms with Gasteiger partial charge in [0.2, 0.25) is 0 Å². The van der Waals surface area contributed by atoms with Gasteiger partial charge in [-0.1, -0.05) is 0 Å². The maximum atomic E-state index is 10.4. The van der Waals surface area contributed by atoms with Crippen LogP contribution in [-0.2, 0) is 16.5 Å². The first-order valence-corrected chi connectivity index (χ1v) is 5.23. The molecule has 16 heavy (non-hydrogen) atoms. The summed E-state index contributed by atoms with van der Waals surface area (Å²) in [5.74, 6) is -0.480. The van der Waals surface area contributed by atoms with Gasteiger partial charge in [-0.2, -0.15) is 0 Å². The van der Waals surface area contributed by atoms with Crippen molar-refractivity contribution in [3.63, 3.8) is 0 Å². The van der Waals surface area contributed by atoms with Gasteiger partial charge in [0.05, 0.1) is 15.6 Å². The van der Waals surface area contributed by atoms with E-state index in [1.165, 1.54) is 0 Å². The van der Waals surface area contributed by atoms with Crippen LogP contribution in [0.15, 0.2) is 12.1 Å². The Hall–Kier alpha value is -2.03. The van der Waals surface area contributed by atoms with E-state index in [1.807, 2.05) is 6.07 Å². The molecule has 1 aromatic carbocycles. The number of benzene rings is 1. The normalized spacial score (nSPS) is 10.3. The minimum Gasteiger partial charge on any atom is -0.258 e. The Bertz CT molecular complexity index is 483. The van der Waals surface area contributed by atoms with E-state index in [4.69, 9.17) is 0 Å². The van der Waals surface area contributed by atoms with Gasteiger partial charge in [0, 0.05) is 12.1 Å². The molecule has 0 amide bonds. The fourth-order valence-corrected chi connectivity index (χ4v) is 1.51. The second kappa shape index (κ2) is 4.66. The van der Waals surface area contributed by atoms with Gasteiger partial charge in [-0.05, 0) is 5.56 Å². The lowest BCUT2D eigenvalue weighted by molar-refractivity contribution is -0.394. The molecule has 0 N–H and O–H groups in total. The number of non-ortho nitro benzene ring substituents is 2. The minimum absolute atomic E-state index is 0.00624. The molecule has 0 aliphatic carbocycles. The van der Waals surface area contributed by atoms with Gasteiger partial charge in [-0.3, -0.25) is 20.2 Å². The van der Waals surface area contributed by atoms with Crippen LogP contribution < -0.4 is 0 Å². The molecular formula is C7H5N2O6S. The molecule has 0 spiro atoms. The summed E-state index contributed by atoms with van der Waals surface area (Å²) in [7, 11) is -2.80. The van der Waals surface area contributed by atoms with E-state index in [0.29, 0.717) is 0 Å². The predicted octanol–water partition coefficient (Wildman–Crippen LogP) is 0.415. The molecule has 0 atom stereocenters. The fourth-order valence-electron chi connectivity index (χ4n) is 1.03. The van der Waals surface area contributed by atoms with Crippen molar-refractivity contribution in [2.45, 2.75) is 5.75 Å². The summed E-state index contributed by atoms with van der Waals surface area (Å²) < 4.78 is 20.8. The topological polar surface area (TPSA) is 120 Å². The number of nitro groups is 2. The zero-order valence-electron chi connectivity index (χ0n) is 7.65. The van der Waals surface area contributed by atoms with Crippen molar-refractivity contribution >= 4 is 22.1 Å². The second-order valence-electron chi connectivity index (χ2n) is 2.76. The summed E-state index contributed by atoms with van der Waals surface area (Å²) in [5.41, 5.74) is -1.25. The number of nitro benzene ring substituents is 2. The van der Waals surface area contributed by atoms with Gasteiger partial charge in [0.15, 0.2) is 6.07 Å². The molecule has 1 aromatic rings. The first kappa shape index (κ1) is 12.0. The van der Waals surface area contributed by atoms with E-state index >= 15 is 0 Å². The van der Waals surface area contributed by atoms with Crippen LogP contribution in [0.3, 0.4) is 0 Å². The van der Waals surface area contributed by atoms with Gasteiger partial charge >= 0.3 is 0 Å². The SMILES string of the molecule is O=[N+]([O-])c1[c]c([N+](=O)[O-])cc(C[SH](=O)=O)c1. The van der Waals surface area contributed by atoms with E-state index in [-0.39, 0.29) is 5.56 Å². The van der Waals surface area contributed by atoms with Crippen LogP contribution in [0.5, 0.6) is 0 Å². The van der Waals surface area contributed by atoms with Gasteiger partial charge < -0.3 is 0 Å². The Morgan fingerprint density at radius 1 is 1.12 bits per heavy atom. The van der Waals surface area contributed by atoms with Crippen molar-refractivity contribution in [1.82, 2.24) is 0 Å². The molecule has 0 fully saturated rings. The maximum absolute atomic E-state index is 10.4. The quantitative estimate of drug-likeness (QED) is 0.466. The van der Waals surface area contributed by atoms with Crippen molar-refractivity contribution in [3.8, 4) is 0 Å². The Labute approximate surface area is 90.8 Å². The van der Waals surface area contributed by atoms with Crippen molar-refractivity contribution in [2.75, 3.05) is 0 Å². The Kier molecular flexibility index (Phi) is 3.51. The Morgan fingerprint density at radius 2 is 1.56 bits per heavy atom. The van der Waals surface area contributed by atoms with E-state index in [0.717, 1.165) is 12.1 Å². The summed E-state index contributed by atoms with van der Waals surface area (Å²) in [5, 5.41) is 20.8. The average Bonchev–Trinajstić information content (AvgIpc) is 2.15. The Morgan fingerprint density at radius 3 is 1.88 bits per heavy atom. The maximum Gasteiger partial charge on any atom is 0.284 e. The molecule has 85 valence electrons. The smallest absolute Gasteiger partial charge is 0.258 e. The lowest BCUT2D eigenvalue weighted by Gasteiger charge is -1.96. The molecule has 0 saturated heterocycles. The van der Waals surface area contributed by atoms with Gasteiger partial charge in [0.1, 0.15) is 10.7 Å². The highest BCUT2D eigenvalue weighted by molar-refractivity contribution is 7.71. The van der Waals surface area contributed by atoms with Crippen LogP contribution in [0.4, 0.5) is 11.4 Å². The van der Waals surface area contributed by atoms with Crippen molar-refractivity contribution in [1.29, 1.82) is 0 Å². The summed E-state index contributed by atoms with van der Waals surface area (Å²) in [6.07, 6.45) is 0. The lowest BCUT2D eigenvalue weighted by atomic mass is 10.2. The fraction of sp³-hybridized carbons (Fsp3) is 0.143. The van der Waals surface area contributed by atoms with Crippen molar-refractivity contribution in [2.24, 2.45) is 0 Å². The summed E-state index contributed by atoms with van der Waals surface area (Å²) in [4.78, 5) is 19.1. The third kappa shape index (κ3) is 2.98. The monoisotopic (exact) mass is 245 g/mol. The largest absolute Gasteiger partial charge is 0.284 e. The van der Waals surface area contributed by atoms with Crippen LogP contribution in [0.25, 0.3) is 0 Å². The highest BCUT2D eigenvalue weighted by atomic mass is 32.2. The molecule has 0 aromatic heterocycles. The van der Waals surface area contributed by atoms with Crippen LogP contribution in [0.1, 0.15) is 5.56 Å². The standard InChI is InChI=1S/C7H5N2O6S/c10-8(11)6-1-5(4-16(14)15)2-7(3-6)9(12)13/h1-2,16H,4H2. The zero-order chi connectivity index (χ0) is 12.3.